The molecule has 1 nitrogen and oxygen atoms in total. The highest BCUT2D eigenvalue weighted by Crippen LogP contribution is 2.07. The standard InChI is InChI=1S/C14H21N/c1-2-3-4-5-6-7-8-9-10-11-12-13-14-15/h2,10-13H,1,3-9H2/b11-10+,13-12+. The van der Waals surface area contributed by atoms with E-state index in [9.17, 15) is 0 Å². The minimum absolute atomic E-state index is 1.12. The molecule has 0 aromatic carbocycles. The number of rotatable bonds is 9. The van der Waals surface area contributed by atoms with E-state index in [0.29, 0.717) is 0 Å². The van der Waals surface area contributed by atoms with Crippen molar-refractivity contribution in [2.75, 3.05) is 0 Å². The van der Waals surface area contributed by atoms with Crippen LogP contribution >= 0.6 is 0 Å². The molecule has 0 atom stereocenters. The van der Waals surface area contributed by atoms with Crippen LogP contribution in [-0.4, -0.2) is 0 Å². The van der Waals surface area contributed by atoms with Gasteiger partial charge in [-0.2, -0.15) is 5.26 Å². The summed E-state index contributed by atoms with van der Waals surface area (Å²) in [4.78, 5) is 0. The molecule has 1 heteroatoms. The summed E-state index contributed by atoms with van der Waals surface area (Å²) in [6.07, 6.45) is 18.1. The molecule has 0 aromatic rings. The van der Waals surface area contributed by atoms with Gasteiger partial charge < -0.3 is 0 Å². The largest absolute Gasteiger partial charge is 0.193 e. The minimum Gasteiger partial charge on any atom is -0.193 e. The molecule has 0 radical (unpaired) electrons. The van der Waals surface area contributed by atoms with Crippen LogP contribution in [0.1, 0.15) is 44.9 Å². The molecule has 0 bridgehead atoms. The SMILES string of the molecule is C=CCCCCCCC/C=C/C=C/C#N. The normalized spacial score (nSPS) is 10.9. The van der Waals surface area contributed by atoms with Crippen LogP contribution in [0.25, 0.3) is 0 Å². The Bertz CT molecular complexity index is 230. The fourth-order valence-electron chi connectivity index (χ4n) is 1.35. The smallest absolute Gasteiger partial charge is 0.0912 e. The van der Waals surface area contributed by atoms with Crippen molar-refractivity contribution in [3.8, 4) is 6.07 Å². The first-order valence-corrected chi connectivity index (χ1v) is 5.74. The summed E-state index contributed by atoms with van der Waals surface area (Å²) in [6, 6.07) is 1.96. The number of hydrogen-bond donors (Lipinski definition) is 0. The third-order valence-electron chi connectivity index (χ3n) is 2.20. The predicted octanol–water partition coefficient (Wildman–Crippen LogP) is 4.54. The lowest BCUT2D eigenvalue weighted by molar-refractivity contribution is 0.622. The summed E-state index contributed by atoms with van der Waals surface area (Å²) in [6.45, 7) is 3.70. The van der Waals surface area contributed by atoms with E-state index in [1.807, 2.05) is 18.2 Å². The Hall–Kier alpha value is -1.29. The molecule has 0 saturated carbocycles. The lowest BCUT2D eigenvalue weighted by Crippen LogP contribution is -1.77. The van der Waals surface area contributed by atoms with Gasteiger partial charge in [-0.3, -0.25) is 0 Å². The van der Waals surface area contributed by atoms with E-state index >= 15 is 0 Å². The van der Waals surface area contributed by atoms with Gasteiger partial charge in [-0.05, 0) is 25.7 Å². The fourth-order valence-corrected chi connectivity index (χ4v) is 1.35. The zero-order valence-electron chi connectivity index (χ0n) is 9.49. The van der Waals surface area contributed by atoms with Crippen LogP contribution in [0.5, 0.6) is 0 Å². The van der Waals surface area contributed by atoms with Crippen molar-refractivity contribution in [3.05, 3.63) is 37.0 Å². The first kappa shape index (κ1) is 13.7. The van der Waals surface area contributed by atoms with Crippen LogP contribution in [-0.2, 0) is 0 Å². The average molecular weight is 203 g/mol. The van der Waals surface area contributed by atoms with Crippen LogP contribution in [0, 0.1) is 11.3 Å². The molecule has 0 rings (SSSR count). The van der Waals surface area contributed by atoms with E-state index in [-0.39, 0.29) is 0 Å². The fraction of sp³-hybridized carbons (Fsp3) is 0.500. The number of allylic oxidation sites excluding steroid dienone is 5. The number of nitrogens with zero attached hydrogens (tertiary/aromatic N) is 1. The molecule has 0 spiro atoms. The monoisotopic (exact) mass is 203 g/mol. The van der Waals surface area contributed by atoms with Crippen molar-refractivity contribution in [1.82, 2.24) is 0 Å². The van der Waals surface area contributed by atoms with Crippen molar-refractivity contribution in [2.45, 2.75) is 44.9 Å². The van der Waals surface area contributed by atoms with Gasteiger partial charge >= 0.3 is 0 Å². The van der Waals surface area contributed by atoms with E-state index in [1.165, 1.54) is 38.2 Å². The van der Waals surface area contributed by atoms with Gasteiger partial charge in [-0.25, -0.2) is 0 Å². The van der Waals surface area contributed by atoms with Gasteiger partial charge in [-0.15, -0.1) is 6.58 Å². The van der Waals surface area contributed by atoms with Crippen LogP contribution in [0.4, 0.5) is 0 Å². The molecule has 0 heterocycles. The Balaban J connectivity index is 3.11. The zero-order chi connectivity index (χ0) is 11.2. The van der Waals surface area contributed by atoms with E-state index in [4.69, 9.17) is 5.26 Å². The van der Waals surface area contributed by atoms with Crippen LogP contribution in [0.2, 0.25) is 0 Å². The van der Waals surface area contributed by atoms with Crippen LogP contribution in [0.15, 0.2) is 37.0 Å². The first-order chi connectivity index (χ1) is 7.41. The summed E-state index contributed by atoms with van der Waals surface area (Å²) in [5.74, 6) is 0. The summed E-state index contributed by atoms with van der Waals surface area (Å²) in [5, 5.41) is 8.23. The molecule has 0 aliphatic rings. The molecular weight excluding hydrogens is 182 g/mol. The summed E-state index contributed by atoms with van der Waals surface area (Å²) in [5.41, 5.74) is 0. The van der Waals surface area contributed by atoms with Gasteiger partial charge in [0.1, 0.15) is 0 Å². The van der Waals surface area contributed by atoms with Crippen molar-refractivity contribution in [1.29, 1.82) is 5.26 Å². The van der Waals surface area contributed by atoms with E-state index < -0.39 is 0 Å². The molecule has 0 aromatic heterocycles. The van der Waals surface area contributed by atoms with Crippen molar-refractivity contribution >= 4 is 0 Å². The van der Waals surface area contributed by atoms with Gasteiger partial charge in [0.25, 0.3) is 0 Å². The molecule has 0 aliphatic heterocycles. The Labute approximate surface area is 93.8 Å². The summed E-state index contributed by atoms with van der Waals surface area (Å²) >= 11 is 0. The Morgan fingerprint density at radius 1 is 0.933 bits per heavy atom. The summed E-state index contributed by atoms with van der Waals surface area (Å²) in [7, 11) is 0. The van der Waals surface area contributed by atoms with E-state index in [2.05, 4.69) is 12.7 Å². The van der Waals surface area contributed by atoms with E-state index in [0.717, 1.165) is 12.8 Å². The number of hydrogen-bond acceptors (Lipinski definition) is 1. The summed E-state index contributed by atoms with van der Waals surface area (Å²) < 4.78 is 0. The minimum atomic E-state index is 1.12. The Morgan fingerprint density at radius 3 is 2.27 bits per heavy atom. The lowest BCUT2D eigenvalue weighted by atomic mass is 10.1. The molecule has 0 amide bonds. The van der Waals surface area contributed by atoms with Gasteiger partial charge in [0.05, 0.1) is 6.07 Å². The Kier molecular flexibility index (Phi) is 11.6. The van der Waals surface area contributed by atoms with Gasteiger partial charge in [-0.1, -0.05) is 43.6 Å². The second-order valence-electron chi connectivity index (χ2n) is 3.55. The van der Waals surface area contributed by atoms with Gasteiger partial charge in [0, 0.05) is 6.08 Å². The average Bonchev–Trinajstić information content (AvgIpc) is 2.26. The van der Waals surface area contributed by atoms with Crippen molar-refractivity contribution < 1.29 is 0 Å². The molecule has 15 heavy (non-hydrogen) atoms. The molecule has 0 unspecified atom stereocenters. The van der Waals surface area contributed by atoms with Crippen molar-refractivity contribution in [3.63, 3.8) is 0 Å². The maximum Gasteiger partial charge on any atom is 0.0912 e. The van der Waals surface area contributed by atoms with Gasteiger partial charge in [0.2, 0.25) is 0 Å². The molecule has 0 fully saturated rings. The quantitative estimate of drug-likeness (QED) is 0.233. The second-order valence-corrected chi connectivity index (χ2v) is 3.55. The first-order valence-electron chi connectivity index (χ1n) is 5.74. The lowest BCUT2D eigenvalue weighted by Gasteiger charge is -1.97. The predicted molar refractivity (Wildman–Crippen MR) is 66.4 cm³/mol. The van der Waals surface area contributed by atoms with Gasteiger partial charge in [0.15, 0.2) is 0 Å². The maximum absolute atomic E-state index is 8.23. The van der Waals surface area contributed by atoms with Crippen LogP contribution < -0.4 is 0 Å². The maximum atomic E-state index is 8.23. The highest BCUT2D eigenvalue weighted by Gasteiger charge is 1.87. The topological polar surface area (TPSA) is 23.8 Å². The number of nitriles is 1. The Morgan fingerprint density at radius 2 is 1.60 bits per heavy atom. The zero-order valence-corrected chi connectivity index (χ0v) is 9.49. The number of unbranched alkanes of at least 4 members (excludes halogenated alkanes) is 6. The highest BCUT2D eigenvalue weighted by molar-refractivity contribution is 5.11. The molecule has 82 valence electrons. The third kappa shape index (κ3) is 12.7. The molecule has 0 saturated heterocycles. The van der Waals surface area contributed by atoms with E-state index in [1.54, 1.807) is 6.08 Å². The third-order valence-corrected chi connectivity index (χ3v) is 2.20. The second kappa shape index (κ2) is 12.7. The van der Waals surface area contributed by atoms with Crippen LogP contribution in [0.3, 0.4) is 0 Å². The highest BCUT2D eigenvalue weighted by atomic mass is 14.2. The van der Waals surface area contributed by atoms with Crippen molar-refractivity contribution in [2.24, 2.45) is 0 Å². The molecule has 0 N–H and O–H groups in total. The molecule has 0 aliphatic carbocycles. The molecular formula is C14H21N.